The molecule has 3 rings (SSSR count). The van der Waals surface area contributed by atoms with Crippen molar-refractivity contribution in [3.05, 3.63) is 40.7 Å². The fourth-order valence-electron chi connectivity index (χ4n) is 3.29. The Morgan fingerprint density at radius 2 is 1.96 bits per heavy atom. The SMILES string of the molecule is Cc1nc(-c2ccccc2F)sc1C(=O)NCC1CCC(C(=O)O)CC1. The number of carboxylic acids is 1. The average molecular weight is 376 g/mol. The minimum atomic E-state index is -0.728. The van der Waals surface area contributed by atoms with E-state index in [0.717, 1.165) is 12.8 Å². The number of aryl methyl sites for hydroxylation is 1. The number of aliphatic carboxylic acids is 1. The van der Waals surface area contributed by atoms with E-state index in [9.17, 15) is 14.0 Å². The van der Waals surface area contributed by atoms with E-state index >= 15 is 0 Å². The molecule has 1 saturated carbocycles. The standard InChI is InChI=1S/C19H21FN2O3S/c1-11-16(26-18(22-11)14-4-2-3-5-15(14)20)17(23)21-10-12-6-8-13(9-7-12)19(24)25/h2-5,12-13H,6-10H2,1H3,(H,21,23)(H,24,25). The van der Waals surface area contributed by atoms with E-state index in [1.807, 2.05) is 0 Å². The van der Waals surface area contributed by atoms with Crippen molar-refractivity contribution in [1.29, 1.82) is 0 Å². The summed E-state index contributed by atoms with van der Waals surface area (Å²) in [4.78, 5) is 28.3. The molecule has 26 heavy (non-hydrogen) atoms. The first kappa shape index (κ1) is 18.5. The van der Waals surface area contributed by atoms with Gasteiger partial charge in [0, 0.05) is 12.1 Å². The zero-order chi connectivity index (χ0) is 18.7. The summed E-state index contributed by atoms with van der Waals surface area (Å²) in [6.45, 7) is 2.27. The molecule has 0 aliphatic heterocycles. The van der Waals surface area contributed by atoms with Crippen LogP contribution in [-0.2, 0) is 4.79 Å². The van der Waals surface area contributed by atoms with Gasteiger partial charge in [-0.3, -0.25) is 9.59 Å². The van der Waals surface area contributed by atoms with Gasteiger partial charge < -0.3 is 10.4 Å². The first-order chi connectivity index (χ1) is 12.5. The van der Waals surface area contributed by atoms with E-state index in [4.69, 9.17) is 5.11 Å². The van der Waals surface area contributed by atoms with Crippen LogP contribution in [0.5, 0.6) is 0 Å². The smallest absolute Gasteiger partial charge is 0.306 e. The van der Waals surface area contributed by atoms with Crippen LogP contribution in [0.4, 0.5) is 4.39 Å². The van der Waals surface area contributed by atoms with Crippen molar-refractivity contribution >= 4 is 23.2 Å². The molecule has 1 aliphatic carbocycles. The summed E-state index contributed by atoms with van der Waals surface area (Å²) in [7, 11) is 0. The van der Waals surface area contributed by atoms with E-state index in [-0.39, 0.29) is 17.6 Å². The third-order valence-electron chi connectivity index (χ3n) is 4.85. The minimum absolute atomic E-state index is 0.206. The highest BCUT2D eigenvalue weighted by molar-refractivity contribution is 7.17. The van der Waals surface area contributed by atoms with Crippen molar-refractivity contribution in [3.8, 4) is 10.6 Å². The number of rotatable bonds is 5. The molecule has 0 bridgehead atoms. The molecule has 1 aromatic carbocycles. The number of nitrogens with one attached hydrogen (secondary N) is 1. The molecule has 0 unspecified atom stereocenters. The number of carbonyl (C=O) groups is 2. The van der Waals surface area contributed by atoms with E-state index in [2.05, 4.69) is 10.3 Å². The Bertz CT molecular complexity index is 813. The van der Waals surface area contributed by atoms with Crippen molar-refractivity contribution < 1.29 is 19.1 Å². The number of benzene rings is 1. The van der Waals surface area contributed by atoms with Crippen LogP contribution in [0.3, 0.4) is 0 Å². The molecule has 2 aromatic rings. The maximum absolute atomic E-state index is 13.9. The molecule has 7 heteroatoms. The number of aromatic nitrogens is 1. The minimum Gasteiger partial charge on any atom is -0.481 e. The lowest BCUT2D eigenvalue weighted by atomic mass is 9.82. The van der Waals surface area contributed by atoms with Crippen molar-refractivity contribution in [2.75, 3.05) is 6.54 Å². The first-order valence-corrected chi connectivity index (χ1v) is 9.50. The second kappa shape index (κ2) is 7.95. The maximum Gasteiger partial charge on any atom is 0.306 e. The summed E-state index contributed by atoms with van der Waals surface area (Å²) in [6, 6.07) is 6.38. The fourth-order valence-corrected chi connectivity index (χ4v) is 4.30. The Morgan fingerprint density at radius 1 is 1.27 bits per heavy atom. The number of hydrogen-bond acceptors (Lipinski definition) is 4. The summed E-state index contributed by atoms with van der Waals surface area (Å²) >= 11 is 1.18. The third-order valence-corrected chi connectivity index (χ3v) is 6.04. The van der Waals surface area contributed by atoms with Crippen LogP contribution in [-0.4, -0.2) is 28.5 Å². The van der Waals surface area contributed by atoms with Crippen LogP contribution >= 0.6 is 11.3 Å². The molecule has 0 atom stereocenters. The van der Waals surface area contributed by atoms with Gasteiger partial charge in [0.1, 0.15) is 15.7 Å². The number of carboxylic acid groups (broad SMARTS) is 1. The average Bonchev–Trinajstić information content (AvgIpc) is 3.02. The number of thiazole rings is 1. The highest BCUT2D eigenvalue weighted by Gasteiger charge is 2.26. The lowest BCUT2D eigenvalue weighted by Crippen LogP contribution is -2.32. The molecule has 5 nitrogen and oxygen atoms in total. The maximum atomic E-state index is 13.9. The fraction of sp³-hybridized carbons (Fsp3) is 0.421. The number of halogens is 1. The predicted octanol–water partition coefficient (Wildman–Crippen LogP) is 3.88. The Balaban J connectivity index is 1.61. The van der Waals surface area contributed by atoms with Crippen molar-refractivity contribution in [2.45, 2.75) is 32.6 Å². The van der Waals surface area contributed by atoms with Crippen LogP contribution in [0.15, 0.2) is 24.3 Å². The Labute approximate surface area is 155 Å². The third kappa shape index (κ3) is 4.09. The highest BCUT2D eigenvalue weighted by Crippen LogP contribution is 2.31. The Hall–Kier alpha value is -2.28. The monoisotopic (exact) mass is 376 g/mol. The summed E-state index contributed by atoms with van der Waals surface area (Å²) in [5, 5.41) is 12.5. The normalized spacial score (nSPS) is 19.9. The molecule has 1 aliphatic rings. The number of hydrogen-bond donors (Lipinski definition) is 2. The van der Waals surface area contributed by atoms with E-state index < -0.39 is 5.97 Å². The molecule has 0 radical (unpaired) electrons. The van der Waals surface area contributed by atoms with E-state index in [1.54, 1.807) is 25.1 Å². The van der Waals surface area contributed by atoms with Gasteiger partial charge in [-0.25, -0.2) is 9.37 Å². The molecule has 1 amide bonds. The van der Waals surface area contributed by atoms with Crippen LogP contribution < -0.4 is 5.32 Å². The number of carbonyl (C=O) groups excluding carboxylic acids is 1. The molecule has 1 fully saturated rings. The summed E-state index contributed by atoms with van der Waals surface area (Å²) < 4.78 is 13.9. The summed E-state index contributed by atoms with van der Waals surface area (Å²) in [6.07, 6.45) is 2.93. The zero-order valence-corrected chi connectivity index (χ0v) is 15.3. The largest absolute Gasteiger partial charge is 0.481 e. The molecular weight excluding hydrogens is 355 g/mol. The predicted molar refractivity (Wildman–Crippen MR) is 97.7 cm³/mol. The van der Waals surface area contributed by atoms with Gasteiger partial charge in [0.2, 0.25) is 0 Å². The van der Waals surface area contributed by atoms with Gasteiger partial charge in [0.05, 0.1) is 11.6 Å². The van der Waals surface area contributed by atoms with Gasteiger partial charge in [0.15, 0.2) is 0 Å². The van der Waals surface area contributed by atoms with Gasteiger partial charge in [0.25, 0.3) is 5.91 Å². The lowest BCUT2D eigenvalue weighted by Gasteiger charge is -2.26. The second-order valence-corrected chi connectivity index (χ2v) is 7.68. The van der Waals surface area contributed by atoms with Crippen molar-refractivity contribution in [1.82, 2.24) is 10.3 Å². The topological polar surface area (TPSA) is 79.3 Å². The zero-order valence-electron chi connectivity index (χ0n) is 14.5. The molecule has 0 spiro atoms. The van der Waals surface area contributed by atoms with E-state index in [1.165, 1.54) is 17.4 Å². The summed E-state index contributed by atoms with van der Waals surface area (Å²) in [5.41, 5.74) is 0.979. The van der Waals surface area contributed by atoms with E-state index in [0.29, 0.717) is 46.4 Å². The van der Waals surface area contributed by atoms with Crippen LogP contribution in [0.1, 0.15) is 41.0 Å². The van der Waals surface area contributed by atoms with Gasteiger partial charge in [-0.1, -0.05) is 12.1 Å². The second-order valence-electron chi connectivity index (χ2n) is 6.68. The van der Waals surface area contributed by atoms with Gasteiger partial charge in [-0.15, -0.1) is 11.3 Å². The Kier molecular flexibility index (Phi) is 5.66. The molecule has 1 aromatic heterocycles. The van der Waals surface area contributed by atoms with Gasteiger partial charge in [-0.2, -0.15) is 0 Å². The quantitative estimate of drug-likeness (QED) is 0.830. The molecule has 138 valence electrons. The number of nitrogens with zero attached hydrogens (tertiary/aromatic N) is 1. The van der Waals surface area contributed by atoms with Crippen LogP contribution in [0.25, 0.3) is 10.6 Å². The number of amides is 1. The Morgan fingerprint density at radius 3 is 2.62 bits per heavy atom. The van der Waals surface area contributed by atoms with Crippen molar-refractivity contribution in [2.24, 2.45) is 11.8 Å². The lowest BCUT2D eigenvalue weighted by molar-refractivity contribution is -0.143. The van der Waals surface area contributed by atoms with Gasteiger partial charge >= 0.3 is 5.97 Å². The molecular formula is C19H21FN2O3S. The molecule has 1 heterocycles. The highest BCUT2D eigenvalue weighted by atomic mass is 32.1. The molecule has 2 N–H and O–H groups in total. The van der Waals surface area contributed by atoms with Gasteiger partial charge in [-0.05, 0) is 50.7 Å². The van der Waals surface area contributed by atoms with Crippen LogP contribution in [0, 0.1) is 24.6 Å². The summed E-state index contributed by atoms with van der Waals surface area (Å²) in [5.74, 6) is -1.25. The van der Waals surface area contributed by atoms with Crippen molar-refractivity contribution in [3.63, 3.8) is 0 Å². The van der Waals surface area contributed by atoms with Crippen LogP contribution in [0.2, 0.25) is 0 Å². The first-order valence-electron chi connectivity index (χ1n) is 8.69. The molecule has 0 saturated heterocycles.